The number of nitrogens with two attached hydrogens (primary N) is 1. The Morgan fingerprint density at radius 1 is 1.16 bits per heavy atom. The fourth-order valence-corrected chi connectivity index (χ4v) is 4.17. The van der Waals surface area contributed by atoms with Crippen molar-refractivity contribution in [1.82, 2.24) is 9.97 Å². The van der Waals surface area contributed by atoms with Crippen molar-refractivity contribution in [3.05, 3.63) is 92.9 Å². The molecule has 1 aliphatic heterocycles. The standard InChI is InChI=1S/C25H26N4O2S/c1-14(2)17-9-11-18(12-10-17)20-19(24(30)31-13-16-7-5-4-6-8-16)15(3)27-23-21(20)22(26)28-25(32)29-23/h4-12,14,20H,13H2,1-3H3,(H4,26,27,28,29,32). The molecule has 1 unspecified atom stereocenters. The maximum atomic E-state index is 13.3. The Morgan fingerprint density at radius 3 is 2.50 bits per heavy atom. The number of ether oxygens (including phenoxy) is 1. The van der Waals surface area contributed by atoms with Crippen molar-refractivity contribution in [1.29, 1.82) is 0 Å². The Bertz CT molecular complexity index is 1230. The van der Waals surface area contributed by atoms with E-state index in [1.54, 1.807) is 0 Å². The van der Waals surface area contributed by atoms with Crippen LogP contribution in [0.1, 0.15) is 54.9 Å². The molecule has 4 rings (SSSR count). The third-order valence-electron chi connectivity index (χ3n) is 5.66. The molecule has 2 aromatic carbocycles. The molecule has 0 fully saturated rings. The Balaban J connectivity index is 1.77. The van der Waals surface area contributed by atoms with E-state index in [4.69, 9.17) is 22.7 Å². The highest BCUT2D eigenvalue weighted by Crippen LogP contribution is 2.43. The number of fused-ring (bicyclic) bond motifs is 1. The summed E-state index contributed by atoms with van der Waals surface area (Å²) in [5, 5.41) is 3.20. The van der Waals surface area contributed by atoms with E-state index >= 15 is 0 Å². The number of nitrogens with one attached hydrogen (secondary N) is 2. The first-order valence-corrected chi connectivity index (χ1v) is 10.9. The van der Waals surface area contributed by atoms with Gasteiger partial charge in [0.15, 0.2) is 4.77 Å². The second-order valence-corrected chi connectivity index (χ2v) is 8.58. The van der Waals surface area contributed by atoms with Crippen LogP contribution < -0.4 is 11.1 Å². The number of hydrogen-bond donors (Lipinski definition) is 3. The smallest absolute Gasteiger partial charge is 0.337 e. The SMILES string of the molecule is CC1=C(C(=O)OCc2ccccc2)C(c2ccc(C(C)C)cc2)c2c(nc(=S)[nH]c2N)N1. The minimum atomic E-state index is -0.435. The van der Waals surface area contributed by atoms with E-state index < -0.39 is 11.9 Å². The van der Waals surface area contributed by atoms with Gasteiger partial charge in [0.2, 0.25) is 0 Å². The molecule has 1 aliphatic rings. The number of aromatic amines is 1. The first-order chi connectivity index (χ1) is 15.3. The van der Waals surface area contributed by atoms with Crippen molar-refractivity contribution in [3.63, 3.8) is 0 Å². The molecular weight excluding hydrogens is 420 g/mol. The lowest BCUT2D eigenvalue weighted by Gasteiger charge is -2.30. The molecule has 3 aromatic rings. The zero-order valence-electron chi connectivity index (χ0n) is 18.3. The molecule has 7 heteroatoms. The highest BCUT2D eigenvalue weighted by Gasteiger charge is 2.36. The number of allylic oxidation sites excluding steroid dienone is 1. The van der Waals surface area contributed by atoms with Crippen LogP contribution in [0.2, 0.25) is 0 Å². The molecular formula is C25H26N4O2S. The molecule has 0 spiro atoms. The third kappa shape index (κ3) is 4.29. The van der Waals surface area contributed by atoms with Crippen molar-refractivity contribution >= 4 is 29.8 Å². The zero-order valence-corrected chi connectivity index (χ0v) is 19.1. The van der Waals surface area contributed by atoms with E-state index in [9.17, 15) is 4.79 Å². The van der Waals surface area contributed by atoms with E-state index in [0.717, 1.165) is 11.1 Å². The highest BCUT2D eigenvalue weighted by molar-refractivity contribution is 7.71. The number of carbonyl (C=O) groups excluding carboxylic acids is 1. The van der Waals surface area contributed by atoms with Gasteiger partial charge >= 0.3 is 5.97 Å². The number of benzene rings is 2. The van der Waals surface area contributed by atoms with Crippen molar-refractivity contribution in [2.45, 2.75) is 39.2 Å². The van der Waals surface area contributed by atoms with Gasteiger partial charge in [-0.2, -0.15) is 0 Å². The number of anilines is 2. The lowest BCUT2D eigenvalue weighted by Crippen LogP contribution is -2.26. The van der Waals surface area contributed by atoms with Gasteiger partial charge in [-0.3, -0.25) is 0 Å². The topological polar surface area (TPSA) is 93.0 Å². The second kappa shape index (κ2) is 8.96. The van der Waals surface area contributed by atoms with Crippen LogP contribution in [0.5, 0.6) is 0 Å². The van der Waals surface area contributed by atoms with Gasteiger partial charge in [-0.1, -0.05) is 68.4 Å². The summed E-state index contributed by atoms with van der Waals surface area (Å²) in [6.45, 7) is 6.32. The van der Waals surface area contributed by atoms with Crippen molar-refractivity contribution < 1.29 is 9.53 Å². The number of carbonyl (C=O) groups is 1. The van der Waals surface area contributed by atoms with Crippen LogP contribution in [-0.4, -0.2) is 15.9 Å². The van der Waals surface area contributed by atoms with E-state index in [1.807, 2.05) is 49.4 Å². The summed E-state index contributed by atoms with van der Waals surface area (Å²) in [5.74, 6) is 0.506. The molecule has 6 nitrogen and oxygen atoms in total. The third-order valence-corrected chi connectivity index (χ3v) is 5.85. The number of H-pyrrole nitrogens is 1. The van der Waals surface area contributed by atoms with Gasteiger partial charge in [-0.15, -0.1) is 0 Å². The Morgan fingerprint density at radius 2 is 1.84 bits per heavy atom. The first-order valence-electron chi connectivity index (χ1n) is 10.5. The summed E-state index contributed by atoms with van der Waals surface area (Å²) < 4.78 is 5.98. The Labute approximate surface area is 192 Å². The van der Waals surface area contributed by atoms with Gasteiger partial charge in [-0.05, 0) is 41.7 Å². The van der Waals surface area contributed by atoms with Gasteiger partial charge in [0, 0.05) is 11.3 Å². The van der Waals surface area contributed by atoms with Gasteiger partial charge in [0.1, 0.15) is 18.2 Å². The maximum absolute atomic E-state index is 13.3. The molecule has 1 atom stereocenters. The Hall–Kier alpha value is -3.45. The van der Waals surface area contributed by atoms with Crippen LogP contribution >= 0.6 is 12.2 Å². The van der Waals surface area contributed by atoms with Crippen molar-refractivity contribution in [2.75, 3.05) is 11.1 Å². The minimum Gasteiger partial charge on any atom is -0.457 e. The molecule has 2 heterocycles. The number of nitrogens with zero attached hydrogens (tertiary/aromatic N) is 1. The van der Waals surface area contributed by atoms with Gasteiger partial charge in [-0.25, -0.2) is 9.78 Å². The molecule has 1 aromatic heterocycles. The van der Waals surface area contributed by atoms with Gasteiger partial charge in [0.25, 0.3) is 0 Å². The average molecular weight is 447 g/mol. The summed E-state index contributed by atoms with van der Waals surface area (Å²) >= 11 is 5.21. The molecule has 164 valence electrons. The number of nitrogen functional groups attached to an aromatic ring is 1. The molecule has 0 saturated heterocycles. The molecule has 4 N–H and O–H groups in total. The van der Waals surface area contributed by atoms with Crippen LogP contribution in [0, 0.1) is 4.77 Å². The van der Waals surface area contributed by atoms with E-state index in [2.05, 4.69) is 41.3 Å². The molecule has 0 aliphatic carbocycles. The van der Waals surface area contributed by atoms with Crippen LogP contribution in [0.3, 0.4) is 0 Å². The van der Waals surface area contributed by atoms with Crippen molar-refractivity contribution in [2.24, 2.45) is 0 Å². The van der Waals surface area contributed by atoms with E-state index in [1.165, 1.54) is 5.56 Å². The summed E-state index contributed by atoms with van der Waals surface area (Å²) in [4.78, 5) is 20.7. The highest BCUT2D eigenvalue weighted by atomic mass is 32.1. The van der Waals surface area contributed by atoms with Crippen LogP contribution in [-0.2, 0) is 16.1 Å². The summed E-state index contributed by atoms with van der Waals surface area (Å²) in [7, 11) is 0. The minimum absolute atomic E-state index is 0.188. The van der Waals surface area contributed by atoms with E-state index in [0.29, 0.717) is 34.4 Å². The monoisotopic (exact) mass is 446 g/mol. The fourth-order valence-electron chi connectivity index (χ4n) is 3.97. The quantitative estimate of drug-likeness (QED) is 0.358. The first kappa shape index (κ1) is 21.8. The number of aromatic nitrogens is 2. The molecule has 0 amide bonds. The van der Waals surface area contributed by atoms with Crippen molar-refractivity contribution in [3.8, 4) is 0 Å². The summed E-state index contributed by atoms with van der Waals surface area (Å²) in [6.07, 6.45) is 0. The predicted octanol–water partition coefficient (Wildman–Crippen LogP) is 5.42. The number of rotatable bonds is 5. The van der Waals surface area contributed by atoms with Crippen LogP contribution in [0.4, 0.5) is 11.6 Å². The summed E-state index contributed by atoms with van der Waals surface area (Å²) in [5.41, 5.74) is 11.3. The number of esters is 1. The molecule has 0 radical (unpaired) electrons. The van der Waals surface area contributed by atoms with Gasteiger partial charge in [0.05, 0.1) is 11.5 Å². The lowest BCUT2D eigenvalue weighted by molar-refractivity contribution is -0.140. The summed E-state index contributed by atoms with van der Waals surface area (Å²) in [6, 6.07) is 17.8. The predicted molar refractivity (Wildman–Crippen MR) is 129 cm³/mol. The zero-order chi connectivity index (χ0) is 22.8. The average Bonchev–Trinajstić information content (AvgIpc) is 2.77. The van der Waals surface area contributed by atoms with E-state index in [-0.39, 0.29) is 11.4 Å². The second-order valence-electron chi connectivity index (χ2n) is 8.20. The van der Waals surface area contributed by atoms with Crippen LogP contribution in [0.25, 0.3) is 0 Å². The largest absolute Gasteiger partial charge is 0.457 e. The molecule has 32 heavy (non-hydrogen) atoms. The molecule has 0 saturated carbocycles. The van der Waals surface area contributed by atoms with Crippen LogP contribution in [0.15, 0.2) is 65.9 Å². The lowest BCUT2D eigenvalue weighted by atomic mass is 9.81. The Kier molecular flexibility index (Phi) is 6.10. The number of hydrogen-bond acceptors (Lipinski definition) is 6. The van der Waals surface area contributed by atoms with Gasteiger partial charge < -0.3 is 20.8 Å². The molecule has 0 bridgehead atoms. The maximum Gasteiger partial charge on any atom is 0.337 e. The fraction of sp³-hybridized carbons (Fsp3) is 0.240. The normalized spacial score (nSPS) is 15.3.